The van der Waals surface area contributed by atoms with Crippen LogP contribution in [0.3, 0.4) is 0 Å². The fourth-order valence-electron chi connectivity index (χ4n) is 1.20. The van der Waals surface area contributed by atoms with Gasteiger partial charge in [-0.1, -0.05) is 6.42 Å². The summed E-state index contributed by atoms with van der Waals surface area (Å²) in [6, 6.07) is -0.153. The number of nitrogens with one attached hydrogen (secondary N) is 1. The van der Waals surface area contributed by atoms with Crippen LogP contribution < -0.4 is 34.3 Å². The molecule has 4 nitrogen and oxygen atoms in total. The van der Waals surface area contributed by atoms with Crippen molar-refractivity contribution in [2.24, 2.45) is 0 Å². The van der Waals surface area contributed by atoms with Crippen LogP contribution in [0.5, 0.6) is 0 Å². The van der Waals surface area contributed by atoms with Crippen molar-refractivity contribution in [3.05, 3.63) is 0 Å². The van der Waals surface area contributed by atoms with E-state index in [2.05, 4.69) is 4.72 Å². The van der Waals surface area contributed by atoms with Crippen LogP contribution >= 0.6 is 11.8 Å². The molecule has 0 radical (unpaired) electrons. The molecule has 13 heavy (non-hydrogen) atoms. The van der Waals surface area contributed by atoms with E-state index in [1.807, 2.05) is 0 Å². The monoisotopic (exact) mass is 233 g/mol. The Morgan fingerprint density at radius 3 is 2.69 bits per heavy atom. The van der Waals surface area contributed by atoms with Gasteiger partial charge in [0.1, 0.15) is 0 Å². The Kier molecular flexibility index (Phi) is 7.28. The smallest absolute Gasteiger partial charge is 0.735 e. The third-order valence-electron chi connectivity index (χ3n) is 1.72. The van der Waals surface area contributed by atoms with E-state index < -0.39 is 10.3 Å². The topological polar surface area (TPSA) is 69.2 Å². The normalized spacial score (nSPS) is 24.5. The Morgan fingerprint density at radius 2 is 2.08 bits per heavy atom. The molecule has 0 saturated carbocycles. The molecule has 0 aromatic carbocycles. The number of hydrogen-bond donors (Lipinski definition) is 1. The van der Waals surface area contributed by atoms with E-state index in [-0.39, 0.29) is 35.6 Å². The Bertz CT molecular complexity index is 224. The first kappa shape index (κ1) is 14.2. The largest absolute Gasteiger partial charge is 1.00 e. The van der Waals surface area contributed by atoms with E-state index in [9.17, 15) is 13.0 Å². The minimum Gasteiger partial charge on any atom is -0.735 e. The van der Waals surface area contributed by atoms with E-state index in [0.717, 1.165) is 30.8 Å². The summed E-state index contributed by atoms with van der Waals surface area (Å²) in [4.78, 5) is 0. The van der Waals surface area contributed by atoms with Crippen LogP contribution in [0.1, 0.15) is 19.3 Å². The molecule has 1 unspecified atom stereocenters. The molecule has 0 aromatic heterocycles. The Balaban J connectivity index is 0.00000144. The van der Waals surface area contributed by atoms with Gasteiger partial charge in [-0.3, -0.25) is 0 Å². The predicted octanol–water partition coefficient (Wildman–Crippen LogP) is -2.67. The van der Waals surface area contributed by atoms with E-state index in [1.165, 1.54) is 0 Å². The molecule has 0 aromatic rings. The average Bonchev–Trinajstić information content (AvgIpc) is 2.12. The van der Waals surface area contributed by atoms with Crippen molar-refractivity contribution in [3.63, 3.8) is 0 Å². The maximum Gasteiger partial charge on any atom is 1.00 e. The van der Waals surface area contributed by atoms with Crippen molar-refractivity contribution in [1.29, 1.82) is 0 Å². The zero-order valence-electron chi connectivity index (χ0n) is 7.65. The molecule has 1 N–H and O–H groups in total. The molecule has 7 heteroatoms. The number of hydrogen-bond acceptors (Lipinski definition) is 4. The minimum atomic E-state index is -4.25. The van der Waals surface area contributed by atoms with Crippen LogP contribution in [0, 0.1) is 0 Å². The summed E-state index contributed by atoms with van der Waals surface area (Å²) in [5.41, 5.74) is 0. The second-order valence-electron chi connectivity index (χ2n) is 2.84. The second kappa shape index (κ2) is 6.66. The van der Waals surface area contributed by atoms with E-state index >= 15 is 0 Å². The zero-order chi connectivity index (χ0) is 9.03. The SMILES string of the molecule is O=S(=O)([O-])NC1CCCCSC1.[Na+]. The third kappa shape index (κ3) is 7.18. The molecule has 1 aliphatic rings. The Morgan fingerprint density at radius 1 is 1.38 bits per heavy atom. The fourth-order valence-corrected chi connectivity index (χ4v) is 3.03. The first-order valence-corrected chi connectivity index (χ1v) is 6.45. The van der Waals surface area contributed by atoms with Crippen LogP contribution in [-0.2, 0) is 10.3 Å². The van der Waals surface area contributed by atoms with Crippen molar-refractivity contribution < 1.29 is 42.5 Å². The van der Waals surface area contributed by atoms with Gasteiger partial charge in [0.05, 0.1) is 0 Å². The first-order chi connectivity index (χ1) is 5.58. The molecule has 1 fully saturated rings. The molecule has 1 rings (SSSR count). The van der Waals surface area contributed by atoms with Crippen molar-refractivity contribution in [3.8, 4) is 0 Å². The predicted molar refractivity (Wildman–Crippen MR) is 47.8 cm³/mol. The van der Waals surface area contributed by atoms with Crippen LogP contribution in [0.25, 0.3) is 0 Å². The minimum absolute atomic E-state index is 0. The molecular weight excluding hydrogens is 221 g/mol. The average molecular weight is 233 g/mol. The molecule has 0 bridgehead atoms. The van der Waals surface area contributed by atoms with E-state index in [0.29, 0.717) is 0 Å². The summed E-state index contributed by atoms with van der Waals surface area (Å²) in [5, 5.41) is 0. The van der Waals surface area contributed by atoms with E-state index in [4.69, 9.17) is 0 Å². The molecule has 1 atom stereocenters. The van der Waals surface area contributed by atoms with Crippen LogP contribution in [0.2, 0.25) is 0 Å². The van der Waals surface area contributed by atoms with Crippen LogP contribution in [-0.4, -0.2) is 30.5 Å². The van der Waals surface area contributed by atoms with E-state index in [1.54, 1.807) is 11.8 Å². The van der Waals surface area contributed by atoms with Gasteiger partial charge in [0.15, 0.2) is 10.3 Å². The summed E-state index contributed by atoms with van der Waals surface area (Å²) >= 11 is 1.70. The molecular formula is C6H12NNaO3S2. The van der Waals surface area contributed by atoms with Gasteiger partial charge in [0.2, 0.25) is 0 Å². The Labute approximate surface area is 105 Å². The van der Waals surface area contributed by atoms with Crippen molar-refractivity contribution >= 4 is 22.1 Å². The second-order valence-corrected chi connectivity index (χ2v) is 5.13. The maximum absolute atomic E-state index is 10.3. The summed E-state index contributed by atoms with van der Waals surface area (Å²) < 4.78 is 33.1. The standard InChI is InChI=1S/C6H13NO3S2.Na/c8-12(9,10)7-6-3-1-2-4-11-5-6;/h6-7H,1-5H2,(H,8,9,10);/q;+1/p-1. The quantitative estimate of drug-likeness (QED) is 0.417. The zero-order valence-corrected chi connectivity index (χ0v) is 11.3. The molecule has 0 amide bonds. The van der Waals surface area contributed by atoms with Crippen molar-refractivity contribution in [1.82, 2.24) is 4.72 Å². The number of rotatable bonds is 2. The first-order valence-electron chi connectivity index (χ1n) is 3.89. The van der Waals surface area contributed by atoms with Crippen molar-refractivity contribution in [2.45, 2.75) is 25.3 Å². The van der Waals surface area contributed by atoms with Gasteiger partial charge < -0.3 is 4.55 Å². The van der Waals surface area contributed by atoms with Crippen LogP contribution in [0.4, 0.5) is 0 Å². The van der Waals surface area contributed by atoms with Gasteiger partial charge in [0, 0.05) is 11.8 Å². The summed E-state index contributed by atoms with van der Waals surface area (Å²) in [7, 11) is -4.25. The van der Waals surface area contributed by atoms with Gasteiger partial charge in [-0.05, 0) is 18.6 Å². The van der Waals surface area contributed by atoms with Gasteiger partial charge in [-0.15, -0.1) is 0 Å². The maximum atomic E-state index is 10.3. The number of thioether (sulfide) groups is 1. The Hall–Kier alpha value is 1.22. The fraction of sp³-hybridized carbons (Fsp3) is 1.00. The molecule has 0 aliphatic carbocycles. The van der Waals surface area contributed by atoms with Gasteiger partial charge in [0.25, 0.3) is 0 Å². The molecule has 0 spiro atoms. The molecule has 1 heterocycles. The van der Waals surface area contributed by atoms with Gasteiger partial charge >= 0.3 is 29.6 Å². The molecule has 72 valence electrons. The van der Waals surface area contributed by atoms with Crippen molar-refractivity contribution in [2.75, 3.05) is 11.5 Å². The van der Waals surface area contributed by atoms with Gasteiger partial charge in [-0.2, -0.15) is 11.8 Å². The van der Waals surface area contributed by atoms with Gasteiger partial charge in [-0.25, -0.2) is 13.1 Å². The molecule has 1 aliphatic heterocycles. The third-order valence-corrected chi connectivity index (χ3v) is 3.56. The summed E-state index contributed by atoms with van der Waals surface area (Å²) in [5.74, 6) is 1.79. The summed E-state index contributed by atoms with van der Waals surface area (Å²) in [6.45, 7) is 0. The van der Waals surface area contributed by atoms with Crippen LogP contribution in [0.15, 0.2) is 0 Å². The molecule has 1 saturated heterocycles. The summed E-state index contributed by atoms with van der Waals surface area (Å²) in [6.07, 6.45) is 2.90.